The van der Waals surface area contributed by atoms with E-state index < -0.39 is 28.5 Å². The molecule has 1 aromatic rings. The molecule has 2 fully saturated rings. The molecule has 3 N–H and O–H groups in total. The van der Waals surface area contributed by atoms with Crippen molar-refractivity contribution in [1.29, 1.82) is 0 Å². The predicted molar refractivity (Wildman–Crippen MR) is 61.0 cm³/mol. The fourth-order valence-corrected chi connectivity index (χ4v) is 2.86. The second-order valence-corrected chi connectivity index (χ2v) is 5.49. The highest BCUT2D eigenvalue weighted by Gasteiger charge is 2.49. The van der Waals surface area contributed by atoms with Crippen molar-refractivity contribution in [3.63, 3.8) is 0 Å². The summed E-state index contributed by atoms with van der Waals surface area (Å²) in [5.41, 5.74) is 5.34. The summed E-state index contributed by atoms with van der Waals surface area (Å²) < 4.78 is 39.5. The lowest BCUT2D eigenvalue weighted by atomic mass is 10.0. The molecule has 20 heavy (non-hydrogen) atoms. The number of carbonyl (C=O) groups excluding carboxylic acids is 1. The zero-order valence-electron chi connectivity index (χ0n) is 10.0. The molecular weight excluding hydrogens is 294 g/mol. The van der Waals surface area contributed by atoms with Crippen LogP contribution in [0.2, 0.25) is 0 Å². The smallest absolute Gasteiger partial charge is 0.406 e. The highest BCUT2D eigenvalue weighted by atomic mass is 32.3. The summed E-state index contributed by atoms with van der Waals surface area (Å²) in [5.74, 6) is 0.183. The second kappa shape index (κ2) is 4.29. The van der Waals surface area contributed by atoms with Gasteiger partial charge in [0.25, 0.3) is 0 Å². The van der Waals surface area contributed by atoms with Crippen molar-refractivity contribution in [3.05, 3.63) is 5.89 Å². The standard InChI is InChI=1S/C8H11N5O6S/c9-7-11-10-6(18-7)5-2-1-4-3-12(5)8(14)13(4)19-20(15,16)17/h4-5H,1-3H2,(H2,9,11)(H,15,16,17)/t4-,5-/m0/s1. The van der Waals surface area contributed by atoms with Crippen LogP contribution in [0.5, 0.6) is 0 Å². The molecule has 11 nitrogen and oxygen atoms in total. The van der Waals surface area contributed by atoms with E-state index in [-0.39, 0.29) is 18.5 Å². The third-order valence-electron chi connectivity index (χ3n) is 3.24. The molecule has 0 spiro atoms. The highest BCUT2D eigenvalue weighted by molar-refractivity contribution is 7.80. The van der Waals surface area contributed by atoms with Crippen LogP contribution in [0.1, 0.15) is 24.8 Å². The molecule has 2 aliphatic rings. The summed E-state index contributed by atoms with van der Waals surface area (Å²) in [7, 11) is -4.75. The number of anilines is 1. The maximum absolute atomic E-state index is 12.1. The number of nitrogens with zero attached hydrogens (tertiary/aromatic N) is 4. The molecule has 3 heterocycles. The van der Waals surface area contributed by atoms with Crippen molar-refractivity contribution in [2.24, 2.45) is 0 Å². The van der Waals surface area contributed by atoms with Gasteiger partial charge in [0.05, 0.1) is 6.04 Å². The Morgan fingerprint density at radius 3 is 2.75 bits per heavy atom. The topological polar surface area (TPSA) is 152 Å². The number of piperidine rings is 1. The number of carbonyl (C=O) groups is 1. The van der Waals surface area contributed by atoms with Gasteiger partial charge in [0.2, 0.25) is 5.89 Å². The predicted octanol–water partition coefficient (Wildman–Crippen LogP) is -0.673. The Hall–Kier alpha value is -1.92. The lowest BCUT2D eigenvalue weighted by molar-refractivity contribution is -0.0317. The van der Waals surface area contributed by atoms with Crippen LogP contribution < -0.4 is 5.73 Å². The van der Waals surface area contributed by atoms with Crippen molar-refractivity contribution >= 4 is 22.4 Å². The Balaban J connectivity index is 1.84. The Labute approximate surface area is 113 Å². The van der Waals surface area contributed by atoms with Crippen LogP contribution >= 0.6 is 0 Å². The van der Waals surface area contributed by atoms with Crippen LogP contribution in [0.4, 0.5) is 10.8 Å². The SMILES string of the molecule is Nc1nnc([C@@H]2CC[C@H]3CN2C(=O)N3OS(=O)(=O)O)o1. The van der Waals surface area contributed by atoms with E-state index in [2.05, 4.69) is 14.5 Å². The number of amides is 2. The van der Waals surface area contributed by atoms with E-state index in [0.29, 0.717) is 17.9 Å². The van der Waals surface area contributed by atoms with Crippen LogP contribution in [-0.2, 0) is 14.7 Å². The van der Waals surface area contributed by atoms with Gasteiger partial charge in [0.15, 0.2) is 0 Å². The first-order valence-corrected chi connectivity index (χ1v) is 7.07. The van der Waals surface area contributed by atoms with Gasteiger partial charge in [-0.1, -0.05) is 5.10 Å². The van der Waals surface area contributed by atoms with E-state index in [1.54, 1.807) is 0 Å². The average Bonchev–Trinajstić information content (AvgIpc) is 2.88. The largest absolute Gasteiger partial charge is 0.418 e. The number of nitrogens with two attached hydrogens (primary N) is 1. The fraction of sp³-hybridized carbons (Fsp3) is 0.625. The van der Waals surface area contributed by atoms with E-state index in [0.717, 1.165) is 0 Å². The first-order valence-electron chi connectivity index (χ1n) is 5.71. The zero-order chi connectivity index (χ0) is 14.5. The first-order chi connectivity index (χ1) is 9.35. The molecule has 110 valence electrons. The lowest BCUT2D eigenvalue weighted by Gasteiger charge is -2.27. The minimum atomic E-state index is -4.75. The van der Waals surface area contributed by atoms with Gasteiger partial charge in [-0.15, -0.1) is 9.38 Å². The second-order valence-electron chi connectivity index (χ2n) is 4.49. The van der Waals surface area contributed by atoms with E-state index in [4.69, 9.17) is 14.7 Å². The number of fused-ring (bicyclic) bond motifs is 2. The molecule has 1 aromatic heterocycles. The van der Waals surface area contributed by atoms with Gasteiger partial charge in [0.1, 0.15) is 6.04 Å². The number of nitrogen functional groups attached to an aromatic ring is 1. The van der Waals surface area contributed by atoms with Gasteiger partial charge in [-0.3, -0.25) is 4.55 Å². The quantitative estimate of drug-likeness (QED) is 0.692. The molecule has 0 radical (unpaired) electrons. The van der Waals surface area contributed by atoms with E-state index >= 15 is 0 Å². The fourth-order valence-electron chi connectivity index (χ4n) is 2.47. The Morgan fingerprint density at radius 2 is 2.15 bits per heavy atom. The molecule has 0 saturated carbocycles. The molecule has 12 heteroatoms. The molecule has 2 saturated heterocycles. The number of aromatic nitrogens is 2. The maximum Gasteiger partial charge on any atom is 0.418 e. The van der Waals surface area contributed by atoms with Crippen molar-refractivity contribution in [1.82, 2.24) is 20.2 Å². The van der Waals surface area contributed by atoms with Crippen LogP contribution in [-0.4, -0.2) is 51.7 Å². The minimum Gasteiger partial charge on any atom is -0.406 e. The normalized spacial score (nSPS) is 26.4. The first kappa shape index (κ1) is 13.1. The van der Waals surface area contributed by atoms with E-state index in [1.165, 1.54) is 4.90 Å². The summed E-state index contributed by atoms with van der Waals surface area (Å²) in [6.07, 6.45) is 0.952. The molecule has 2 bridgehead atoms. The van der Waals surface area contributed by atoms with Gasteiger partial charge in [-0.2, -0.15) is 13.5 Å². The molecule has 2 amide bonds. The number of urea groups is 1. The van der Waals surface area contributed by atoms with E-state index in [1.807, 2.05) is 0 Å². The summed E-state index contributed by atoms with van der Waals surface area (Å²) in [5, 5.41) is 7.90. The van der Waals surface area contributed by atoms with Gasteiger partial charge in [-0.05, 0) is 12.8 Å². The molecule has 0 unspecified atom stereocenters. The number of rotatable bonds is 3. The molecular formula is C8H11N5O6S. The summed E-state index contributed by atoms with van der Waals surface area (Å²) in [4.78, 5) is 13.4. The highest BCUT2D eigenvalue weighted by Crippen LogP contribution is 2.38. The molecule has 3 rings (SSSR count). The Bertz CT molecular complexity index is 644. The maximum atomic E-state index is 12.1. The molecule has 2 atom stereocenters. The molecule has 2 aliphatic heterocycles. The lowest BCUT2D eigenvalue weighted by Crippen LogP contribution is -2.35. The molecule has 0 aromatic carbocycles. The van der Waals surface area contributed by atoms with Gasteiger partial charge >= 0.3 is 22.4 Å². The third kappa shape index (κ3) is 2.17. The Kier molecular flexibility index (Phi) is 2.81. The number of hydroxylamine groups is 2. The van der Waals surface area contributed by atoms with Crippen molar-refractivity contribution < 1.29 is 26.5 Å². The number of hydrogen-bond acceptors (Lipinski definition) is 8. The van der Waals surface area contributed by atoms with Gasteiger partial charge < -0.3 is 15.1 Å². The van der Waals surface area contributed by atoms with Crippen LogP contribution in [0.3, 0.4) is 0 Å². The Morgan fingerprint density at radius 1 is 1.40 bits per heavy atom. The molecule has 0 aliphatic carbocycles. The summed E-state index contributed by atoms with van der Waals surface area (Å²) in [6.45, 7) is 0.237. The zero-order valence-corrected chi connectivity index (χ0v) is 10.9. The third-order valence-corrected chi connectivity index (χ3v) is 3.59. The summed E-state index contributed by atoms with van der Waals surface area (Å²) in [6, 6.07) is -1.74. The van der Waals surface area contributed by atoms with Gasteiger partial charge in [0, 0.05) is 6.54 Å². The minimum absolute atomic E-state index is 0.111. The van der Waals surface area contributed by atoms with Crippen LogP contribution in [0, 0.1) is 0 Å². The van der Waals surface area contributed by atoms with Crippen LogP contribution in [0.15, 0.2) is 4.42 Å². The average molecular weight is 305 g/mol. The monoisotopic (exact) mass is 305 g/mol. The van der Waals surface area contributed by atoms with Gasteiger partial charge in [-0.25, -0.2) is 4.79 Å². The van der Waals surface area contributed by atoms with E-state index in [9.17, 15) is 13.2 Å². The number of hydrogen-bond donors (Lipinski definition) is 2. The van der Waals surface area contributed by atoms with Crippen molar-refractivity contribution in [2.75, 3.05) is 12.3 Å². The van der Waals surface area contributed by atoms with Crippen LogP contribution in [0.25, 0.3) is 0 Å². The van der Waals surface area contributed by atoms with Crippen molar-refractivity contribution in [2.45, 2.75) is 24.9 Å². The van der Waals surface area contributed by atoms with Crippen molar-refractivity contribution in [3.8, 4) is 0 Å². The summed E-state index contributed by atoms with van der Waals surface area (Å²) >= 11 is 0.